The van der Waals surface area contributed by atoms with Gasteiger partial charge < -0.3 is 25.0 Å². The Balaban J connectivity index is 1.30. The number of hydrogen-bond acceptors (Lipinski definition) is 8. The standard InChI is InChI=1S/C27H28F2N6O2/c1-15-7-25(37-19-10-18(11-19)35(2)3)24(36-4)13-22(15)33-27-30-6-5-26(34-27)32-17-8-16-9-20(28)21(29)12-23(16)31-14-17/h5-9,12-14,18-19H,10-11H2,1-4H3,(H2,30,32,33,34). The molecule has 4 aromatic rings. The van der Waals surface area contributed by atoms with E-state index >= 15 is 0 Å². The lowest BCUT2D eigenvalue weighted by Gasteiger charge is -2.39. The molecule has 37 heavy (non-hydrogen) atoms. The number of nitrogens with one attached hydrogen (secondary N) is 2. The minimum absolute atomic E-state index is 0.172. The van der Waals surface area contributed by atoms with Gasteiger partial charge in [-0.3, -0.25) is 4.98 Å². The van der Waals surface area contributed by atoms with Gasteiger partial charge in [0.1, 0.15) is 11.9 Å². The zero-order chi connectivity index (χ0) is 26.1. The molecule has 1 fully saturated rings. The van der Waals surface area contributed by atoms with Gasteiger partial charge in [0.15, 0.2) is 23.1 Å². The van der Waals surface area contributed by atoms with E-state index in [9.17, 15) is 8.78 Å². The third kappa shape index (κ3) is 5.39. The van der Waals surface area contributed by atoms with Crippen molar-refractivity contribution in [2.45, 2.75) is 31.9 Å². The van der Waals surface area contributed by atoms with E-state index in [0.29, 0.717) is 45.9 Å². The first kappa shape index (κ1) is 24.6. The van der Waals surface area contributed by atoms with Crippen LogP contribution in [0.5, 0.6) is 11.5 Å². The fraction of sp³-hybridized carbons (Fsp3) is 0.296. The predicted molar refractivity (Wildman–Crippen MR) is 139 cm³/mol. The topological polar surface area (TPSA) is 84.4 Å². The Kier molecular flexibility index (Phi) is 6.75. The highest BCUT2D eigenvalue weighted by molar-refractivity contribution is 5.82. The Morgan fingerprint density at radius 2 is 1.76 bits per heavy atom. The van der Waals surface area contributed by atoms with E-state index in [4.69, 9.17) is 9.47 Å². The van der Waals surface area contributed by atoms with Crippen LogP contribution in [-0.4, -0.2) is 53.2 Å². The second kappa shape index (κ2) is 10.1. The average Bonchev–Trinajstić information content (AvgIpc) is 2.83. The van der Waals surface area contributed by atoms with Gasteiger partial charge in [0, 0.05) is 35.4 Å². The maximum Gasteiger partial charge on any atom is 0.229 e. The van der Waals surface area contributed by atoms with Crippen LogP contribution in [0.3, 0.4) is 0 Å². The maximum atomic E-state index is 13.6. The fourth-order valence-electron chi connectivity index (χ4n) is 4.23. The van der Waals surface area contributed by atoms with E-state index in [1.165, 1.54) is 6.20 Å². The van der Waals surface area contributed by atoms with Crippen molar-refractivity contribution in [1.29, 1.82) is 0 Å². The highest BCUT2D eigenvalue weighted by atomic mass is 19.2. The van der Waals surface area contributed by atoms with Gasteiger partial charge in [-0.25, -0.2) is 13.8 Å². The predicted octanol–water partition coefficient (Wildman–Crippen LogP) is 5.58. The molecule has 1 aliphatic rings. The second-order valence-electron chi connectivity index (χ2n) is 9.35. The van der Waals surface area contributed by atoms with Crippen molar-refractivity contribution in [3.8, 4) is 11.5 Å². The van der Waals surface area contributed by atoms with Crippen molar-refractivity contribution in [1.82, 2.24) is 19.9 Å². The summed E-state index contributed by atoms with van der Waals surface area (Å²) in [6.45, 7) is 1.98. The maximum absolute atomic E-state index is 13.6. The molecule has 2 aromatic heterocycles. The van der Waals surface area contributed by atoms with Crippen molar-refractivity contribution < 1.29 is 18.3 Å². The quantitative estimate of drug-likeness (QED) is 0.321. The summed E-state index contributed by atoms with van der Waals surface area (Å²) in [4.78, 5) is 15.2. The Morgan fingerprint density at radius 1 is 0.973 bits per heavy atom. The highest BCUT2D eigenvalue weighted by Gasteiger charge is 2.33. The van der Waals surface area contributed by atoms with Gasteiger partial charge in [-0.05, 0) is 63.7 Å². The Bertz CT molecular complexity index is 1440. The molecule has 0 amide bonds. The molecule has 2 aromatic carbocycles. The first-order valence-corrected chi connectivity index (χ1v) is 11.9. The molecule has 0 radical (unpaired) electrons. The number of ether oxygens (including phenoxy) is 2. The number of hydrogen-bond donors (Lipinski definition) is 2. The van der Waals surface area contributed by atoms with Gasteiger partial charge in [0.05, 0.1) is 24.5 Å². The summed E-state index contributed by atoms with van der Waals surface area (Å²) in [5.74, 6) is 0.364. The van der Waals surface area contributed by atoms with E-state index in [1.807, 2.05) is 19.1 Å². The van der Waals surface area contributed by atoms with Crippen molar-refractivity contribution in [2.24, 2.45) is 0 Å². The molecule has 2 heterocycles. The molecule has 0 spiro atoms. The van der Waals surface area contributed by atoms with E-state index in [0.717, 1.165) is 36.2 Å². The fourth-order valence-corrected chi connectivity index (χ4v) is 4.23. The third-order valence-electron chi connectivity index (χ3n) is 6.50. The van der Waals surface area contributed by atoms with Gasteiger partial charge >= 0.3 is 0 Å². The van der Waals surface area contributed by atoms with Crippen LogP contribution in [0.25, 0.3) is 10.9 Å². The van der Waals surface area contributed by atoms with Crippen LogP contribution in [0, 0.1) is 18.6 Å². The van der Waals surface area contributed by atoms with Crippen molar-refractivity contribution >= 4 is 34.0 Å². The number of halogens is 2. The Morgan fingerprint density at radius 3 is 2.51 bits per heavy atom. The van der Waals surface area contributed by atoms with Crippen LogP contribution in [-0.2, 0) is 0 Å². The molecular formula is C27H28F2N6O2. The molecule has 192 valence electrons. The number of benzene rings is 2. The first-order valence-electron chi connectivity index (χ1n) is 11.9. The van der Waals surface area contributed by atoms with Crippen LogP contribution >= 0.6 is 0 Å². The summed E-state index contributed by atoms with van der Waals surface area (Å²) >= 11 is 0. The van der Waals surface area contributed by atoms with Gasteiger partial charge in [-0.15, -0.1) is 0 Å². The first-order chi connectivity index (χ1) is 17.8. The van der Waals surface area contributed by atoms with Gasteiger partial charge in [-0.2, -0.15) is 4.98 Å². The molecule has 0 unspecified atom stereocenters. The summed E-state index contributed by atoms with van der Waals surface area (Å²) in [6, 6.07) is 9.93. The monoisotopic (exact) mass is 506 g/mol. The van der Waals surface area contributed by atoms with Crippen LogP contribution in [0.15, 0.2) is 48.8 Å². The molecule has 10 heteroatoms. The number of methoxy groups -OCH3 is 1. The lowest BCUT2D eigenvalue weighted by atomic mass is 9.88. The minimum atomic E-state index is -0.931. The van der Waals surface area contributed by atoms with Crippen molar-refractivity contribution in [2.75, 3.05) is 31.8 Å². The van der Waals surface area contributed by atoms with Crippen LogP contribution < -0.4 is 20.1 Å². The molecule has 0 aliphatic heterocycles. The summed E-state index contributed by atoms with van der Waals surface area (Å²) in [5, 5.41) is 6.84. The zero-order valence-electron chi connectivity index (χ0n) is 21.0. The number of fused-ring (bicyclic) bond motifs is 1. The minimum Gasteiger partial charge on any atom is -0.493 e. The molecule has 0 bridgehead atoms. The molecular weight excluding hydrogens is 478 g/mol. The highest BCUT2D eigenvalue weighted by Crippen LogP contribution is 2.38. The molecule has 8 nitrogen and oxygen atoms in total. The van der Waals surface area contributed by atoms with Crippen molar-refractivity contribution in [3.05, 3.63) is 66.0 Å². The molecule has 2 N–H and O–H groups in total. The summed E-state index contributed by atoms with van der Waals surface area (Å²) in [5.41, 5.74) is 2.68. The summed E-state index contributed by atoms with van der Waals surface area (Å²) in [6.07, 6.45) is 5.29. The number of nitrogens with zero attached hydrogens (tertiary/aromatic N) is 4. The molecule has 0 atom stereocenters. The molecule has 0 saturated heterocycles. The second-order valence-corrected chi connectivity index (χ2v) is 9.35. The average molecular weight is 507 g/mol. The van der Waals surface area contributed by atoms with E-state index in [1.54, 1.807) is 25.4 Å². The van der Waals surface area contributed by atoms with E-state index in [-0.39, 0.29) is 6.10 Å². The number of anilines is 4. The van der Waals surface area contributed by atoms with E-state index < -0.39 is 11.6 Å². The van der Waals surface area contributed by atoms with Gasteiger partial charge in [-0.1, -0.05) is 0 Å². The summed E-state index contributed by atoms with van der Waals surface area (Å²) in [7, 11) is 5.78. The van der Waals surface area contributed by atoms with Crippen LogP contribution in [0.2, 0.25) is 0 Å². The lowest BCUT2D eigenvalue weighted by molar-refractivity contribution is 0.0383. The number of aryl methyl sites for hydroxylation is 1. The molecule has 1 aliphatic carbocycles. The number of aromatic nitrogens is 3. The number of pyridine rings is 1. The van der Waals surface area contributed by atoms with Crippen LogP contribution in [0.4, 0.5) is 31.9 Å². The molecule has 5 rings (SSSR count). The van der Waals surface area contributed by atoms with E-state index in [2.05, 4.69) is 44.6 Å². The Hall–Kier alpha value is -4.05. The van der Waals surface area contributed by atoms with Crippen molar-refractivity contribution in [3.63, 3.8) is 0 Å². The van der Waals surface area contributed by atoms with Gasteiger partial charge in [0.25, 0.3) is 0 Å². The largest absolute Gasteiger partial charge is 0.493 e. The Labute approximate surface area is 213 Å². The van der Waals surface area contributed by atoms with Gasteiger partial charge in [0.2, 0.25) is 5.95 Å². The number of rotatable bonds is 8. The summed E-state index contributed by atoms with van der Waals surface area (Å²) < 4.78 is 38.9. The smallest absolute Gasteiger partial charge is 0.229 e. The molecule has 1 saturated carbocycles. The van der Waals surface area contributed by atoms with Crippen LogP contribution in [0.1, 0.15) is 18.4 Å². The SMILES string of the molecule is COc1cc(Nc2nccc(Nc3cnc4cc(F)c(F)cc4c3)n2)c(C)cc1OC1CC(N(C)C)C1. The third-order valence-corrected chi connectivity index (χ3v) is 6.50. The lowest BCUT2D eigenvalue weighted by Crippen LogP contribution is -2.46. The zero-order valence-corrected chi connectivity index (χ0v) is 21.0. The normalized spacial score (nSPS) is 16.9.